The van der Waals surface area contributed by atoms with Crippen LogP contribution in [0.3, 0.4) is 0 Å². The Balaban J connectivity index is 3.20. The maximum Gasteiger partial charge on any atom is 0.421 e. The Hall–Kier alpha value is -1.27. The lowest BCUT2D eigenvalue weighted by atomic mass is 9.89. The van der Waals surface area contributed by atoms with E-state index in [9.17, 15) is 23.1 Å². The van der Waals surface area contributed by atoms with Gasteiger partial charge in [-0.05, 0) is 17.7 Å². The average molecular weight is 282 g/mol. The molecule has 100 valence electrons. The fraction of sp³-hybridized carbons (Fsp3) is 0.364. The zero-order chi connectivity index (χ0) is 14.0. The summed E-state index contributed by atoms with van der Waals surface area (Å²) in [5.74, 6) is -0.912. The van der Waals surface area contributed by atoms with E-state index in [2.05, 4.69) is 0 Å². The van der Waals surface area contributed by atoms with Crippen LogP contribution in [0.2, 0.25) is 5.02 Å². The molecule has 0 aliphatic heterocycles. The van der Waals surface area contributed by atoms with Crippen molar-refractivity contribution in [2.45, 2.75) is 18.2 Å². The fourth-order valence-electron chi connectivity index (χ4n) is 1.41. The van der Waals surface area contributed by atoms with Crippen LogP contribution in [-0.4, -0.2) is 24.2 Å². The lowest BCUT2D eigenvalue weighted by molar-refractivity contribution is -0.267. The maximum absolute atomic E-state index is 12.9. The molecular formula is C11H11ClF3NO2. The summed E-state index contributed by atoms with van der Waals surface area (Å²) in [4.78, 5) is 11.1. The predicted octanol–water partition coefficient (Wildman–Crippen LogP) is 2.23. The average Bonchev–Trinajstić information content (AvgIpc) is 2.28. The highest BCUT2D eigenvalue weighted by atomic mass is 35.5. The molecule has 1 aromatic carbocycles. The number of nitrogens with one attached hydrogen (secondary N) is 1. The minimum Gasteiger partial charge on any atom is -0.376 e. The Bertz CT molecular complexity index is 433. The number of hydrogen-bond acceptors (Lipinski definition) is 2. The highest BCUT2D eigenvalue weighted by Gasteiger charge is 2.55. The molecule has 1 unspecified atom stereocenters. The largest absolute Gasteiger partial charge is 0.421 e. The summed E-state index contributed by atoms with van der Waals surface area (Å²) in [6.07, 6.45) is -6.07. The minimum atomic E-state index is -4.96. The number of carbonyl (C=O) groups is 1. The van der Waals surface area contributed by atoms with Crippen LogP contribution >= 0.6 is 11.6 Å². The summed E-state index contributed by atoms with van der Waals surface area (Å²) in [6, 6.07) is 4.52. The van der Waals surface area contributed by atoms with E-state index in [-0.39, 0.29) is 5.02 Å². The van der Waals surface area contributed by atoms with E-state index in [1.54, 1.807) is 0 Å². The normalized spacial score (nSPS) is 15.0. The molecule has 18 heavy (non-hydrogen) atoms. The van der Waals surface area contributed by atoms with Gasteiger partial charge in [0.2, 0.25) is 5.91 Å². The molecule has 0 aliphatic carbocycles. The monoisotopic (exact) mass is 281 g/mol. The SMILES string of the molecule is CNC(=O)CC(O)(c1ccc(Cl)cc1)C(F)(F)F. The standard InChI is InChI=1S/C11H11ClF3NO2/c1-16-9(17)6-10(18,11(13,14)15)7-2-4-8(12)5-3-7/h2-5,18H,6H2,1H3,(H,16,17). The first-order valence-electron chi connectivity index (χ1n) is 4.96. The number of benzene rings is 1. The third-order valence-corrected chi connectivity index (χ3v) is 2.74. The van der Waals surface area contributed by atoms with Crippen LogP contribution < -0.4 is 5.32 Å². The molecule has 1 atom stereocenters. The van der Waals surface area contributed by atoms with Crippen molar-refractivity contribution >= 4 is 17.5 Å². The molecule has 0 saturated heterocycles. The third kappa shape index (κ3) is 2.94. The zero-order valence-electron chi connectivity index (χ0n) is 9.38. The van der Waals surface area contributed by atoms with E-state index >= 15 is 0 Å². The summed E-state index contributed by atoms with van der Waals surface area (Å²) in [5.41, 5.74) is -3.65. The number of amides is 1. The molecule has 7 heteroatoms. The molecule has 3 nitrogen and oxygen atoms in total. The summed E-state index contributed by atoms with van der Waals surface area (Å²) < 4.78 is 38.8. The molecule has 2 N–H and O–H groups in total. The van der Waals surface area contributed by atoms with Gasteiger partial charge in [-0.1, -0.05) is 23.7 Å². The molecule has 0 aliphatic rings. The first-order chi connectivity index (χ1) is 8.20. The number of aliphatic hydroxyl groups is 1. The van der Waals surface area contributed by atoms with Crippen molar-refractivity contribution in [1.29, 1.82) is 0 Å². The number of alkyl halides is 3. The highest BCUT2D eigenvalue weighted by molar-refractivity contribution is 6.30. The Labute approximate surface area is 107 Å². The van der Waals surface area contributed by atoms with Crippen molar-refractivity contribution < 1.29 is 23.1 Å². The van der Waals surface area contributed by atoms with Crippen LogP contribution in [0.25, 0.3) is 0 Å². The van der Waals surface area contributed by atoms with Gasteiger partial charge in [0.05, 0.1) is 6.42 Å². The Morgan fingerprint density at radius 1 is 1.33 bits per heavy atom. The molecule has 0 spiro atoms. The van der Waals surface area contributed by atoms with Gasteiger partial charge in [0.15, 0.2) is 5.60 Å². The summed E-state index contributed by atoms with van der Waals surface area (Å²) in [6.45, 7) is 0. The molecule has 0 heterocycles. The number of carbonyl (C=O) groups excluding carboxylic acids is 1. The van der Waals surface area contributed by atoms with Crippen molar-refractivity contribution in [1.82, 2.24) is 5.32 Å². The topological polar surface area (TPSA) is 49.3 Å². The van der Waals surface area contributed by atoms with Crippen LogP contribution in [0.5, 0.6) is 0 Å². The molecule has 0 saturated carbocycles. The van der Waals surface area contributed by atoms with Gasteiger partial charge in [0.25, 0.3) is 0 Å². The van der Waals surface area contributed by atoms with Crippen LogP contribution in [0, 0.1) is 0 Å². The van der Waals surface area contributed by atoms with Gasteiger partial charge in [-0.25, -0.2) is 0 Å². The number of hydrogen-bond donors (Lipinski definition) is 2. The van der Waals surface area contributed by atoms with Crippen molar-refractivity contribution in [2.24, 2.45) is 0 Å². The van der Waals surface area contributed by atoms with Gasteiger partial charge in [-0.3, -0.25) is 4.79 Å². The van der Waals surface area contributed by atoms with Gasteiger partial charge < -0.3 is 10.4 Å². The number of halogens is 4. The van der Waals surface area contributed by atoms with Crippen molar-refractivity contribution in [3.8, 4) is 0 Å². The van der Waals surface area contributed by atoms with E-state index in [0.717, 1.165) is 12.1 Å². The van der Waals surface area contributed by atoms with Crippen molar-refractivity contribution in [3.63, 3.8) is 0 Å². The second-order valence-electron chi connectivity index (χ2n) is 3.71. The van der Waals surface area contributed by atoms with Crippen LogP contribution in [0.4, 0.5) is 13.2 Å². The van der Waals surface area contributed by atoms with Gasteiger partial charge in [0.1, 0.15) is 0 Å². The van der Waals surface area contributed by atoms with Crippen molar-refractivity contribution in [2.75, 3.05) is 7.05 Å². The highest BCUT2D eigenvalue weighted by Crippen LogP contribution is 2.41. The first kappa shape index (κ1) is 14.8. The molecule has 1 amide bonds. The molecule has 0 aromatic heterocycles. The molecular weight excluding hydrogens is 271 g/mol. The lowest BCUT2D eigenvalue weighted by Crippen LogP contribution is -2.45. The molecule has 0 fully saturated rings. The zero-order valence-corrected chi connectivity index (χ0v) is 10.1. The second-order valence-corrected chi connectivity index (χ2v) is 4.15. The van der Waals surface area contributed by atoms with E-state index in [4.69, 9.17) is 11.6 Å². The molecule has 1 aromatic rings. The van der Waals surface area contributed by atoms with Crippen molar-refractivity contribution in [3.05, 3.63) is 34.9 Å². The van der Waals surface area contributed by atoms with Gasteiger partial charge >= 0.3 is 6.18 Å². The maximum atomic E-state index is 12.9. The smallest absolute Gasteiger partial charge is 0.376 e. The van der Waals surface area contributed by atoms with Crippen LogP contribution in [0.1, 0.15) is 12.0 Å². The van der Waals surface area contributed by atoms with Crippen LogP contribution in [0.15, 0.2) is 24.3 Å². The fourth-order valence-corrected chi connectivity index (χ4v) is 1.54. The van der Waals surface area contributed by atoms with E-state index in [1.807, 2.05) is 5.32 Å². The number of rotatable bonds is 3. The van der Waals surface area contributed by atoms with Gasteiger partial charge in [0, 0.05) is 12.1 Å². The van der Waals surface area contributed by atoms with Crippen LogP contribution in [-0.2, 0) is 10.4 Å². The third-order valence-electron chi connectivity index (χ3n) is 2.49. The Morgan fingerprint density at radius 3 is 2.22 bits per heavy atom. The summed E-state index contributed by atoms with van der Waals surface area (Å²) in [5, 5.41) is 12.1. The Morgan fingerprint density at radius 2 is 1.83 bits per heavy atom. The summed E-state index contributed by atoms with van der Waals surface area (Å²) in [7, 11) is 1.20. The first-order valence-corrected chi connectivity index (χ1v) is 5.34. The van der Waals surface area contributed by atoms with E-state index in [1.165, 1.54) is 19.2 Å². The van der Waals surface area contributed by atoms with E-state index < -0.39 is 29.7 Å². The van der Waals surface area contributed by atoms with Gasteiger partial charge in [-0.15, -0.1) is 0 Å². The summed E-state index contributed by atoms with van der Waals surface area (Å²) >= 11 is 5.57. The second kappa shape index (κ2) is 5.16. The van der Waals surface area contributed by atoms with E-state index in [0.29, 0.717) is 0 Å². The molecule has 1 rings (SSSR count). The lowest BCUT2D eigenvalue weighted by Gasteiger charge is -2.30. The minimum absolute atomic E-state index is 0.239. The molecule has 0 bridgehead atoms. The molecule has 0 radical (unpaired) electrons. The predicted molar refractivity (Wildman–Crippen MR) is 60.1 cm³/mol. The quantitative estimate of drug-likeness (QED) is 0.892. The van der Waals surface area contributed by atoms with Gasteiger partial charge in [-0.2, -0.15) is 13.2 Å². The Kier molecular flexibility index (Phi) is 4.24.